The zero-order valence-electron chi connectivity index (χ0n) is 27.2. The average molecular weight is 699 g/mol. The van der Waals surface area contributed by atoms with E-state index in [0.29, 0.717) is 0 Å². The number of rotatable bonds is 2. The minimum Gasteiger partial charge on any atom is -1.00 e. The van der Waals surface area contributed by atoms with Crippen LogP contribution in [0.5, 0.6) is 0 Å². The third kappa shape index (κ3) is 7.61. The van der Waals surface area contributed by atoms with Crippen molar-refractivity contribution in [3.05, 3.63) is 125 Å². The summed E-state index contributed by atoms with van der Waals surface area (Å²) in [5.74, 6) is 0. The molecule has 0 nitrogen and oxygen atoms in total. The van der Waals surface area contributed by atoms with E-state index in [-0.39, 0.29) is 35.6 Å². The van der Waals surface area contributed by atoms with Gasteiger partial charge >= 0.3 is 76.7 Å². The minimum atomic E-state index is 0. The number of fused-ring (bicyclic) bond motifs is 5. The molecule has 0 atom stereocenters. The molecule has 7 rings (SSSR count). The van der Waals surface area contributed by atoms with Crippen LogP contribution in [0.2, 0.25) is 0 Å². The summed E-state index contributed by atoms with van der Waals surface area (Å²) in [7, 11) is 0. The standard InChI is InChI=1S/C27H29.C9H10.C5H5.2ClH.Zr/c1-16-7-9-26(3,4)24-12-18-11-19-13-25-21(17(2)8-10-27(25,5)6)15-23(19)22(18)14-20(16)24;1-2-6-9-7-4-3-5-8-9;1-2-4-5-3-1;;;/h7-8,11-15H,9-10H2,1-6H3;3-5,7-8H,2H2,1H3;1-3H,4H2;2*1H;/q-1;;-1;;;+2/p-2. The molecule has 4 aromatic carbocycles. The molecule has 228 valence electrons. The van der Waals surface area contributed by atoms with Crippen LogP contribution < -0.4 is 24.8 Å². The SMILES string of the molecule is CC1=CCC(C)(C)c2cc3[cH-]c4cc5c(cc4c3cc21)C(C)=CCC5(C)C.CC[C](=[Zr+2])c1ccccc1.[C-]1=CC=CC1.[Cl-].[Cl-]. The molecule has 3 aliphatic rings. The van der Waals surface area contributed by atoms with Crippen LogP contribution in [0.25, 0.3) is 32.7 Å². The maximum atomic E-state index is 2.99. The molecule has 0 saturated carbocycles. The Kier molecular flexibility index (Phi) is 12.3. The summed E-state index contributed by atoms with van der Waals surface area (Å²) in [5, 5.41) is 5.61. The molecule has 0 fully saturated rings. The van der Waals surface area contributed by atoms with Gasteiger partial charge in [0.15, 0.2) is 0 Å². The third-order valence-electron chi connectivity index (χ3n) is 9.19. The predicted molar refractivity (Wildman–Crippen MR) is 182 cm³/mol. The van der Waals surface area contributed by atoms with Crippen molar-refractivity contribution in [3.8, 4) is 0 Å². The van der Waals surface area contributed by atoms with Crippen LogP contribution in [-0.4, -0.2) is 3.21 Å². The smallest absolute Gasteiger partial charge is 0.109 e. The van der Waals surface area contributed by atoms with Crippen LogP contribution in [-0.2, 0) is 35.1 Å². The van der Waals surface area contributed by atoms with Gasteiger partial charge in [-0.15, -0.1) is 46.2 Å². The molecular weight excluding hydrogens is 655 g/mol. The van der Waals surface area contributed by atoms with Crippen LogP contribution in [0.15, 0.2) is 91.0 Å². The Balaban J connectivity index is 0.000000258. The van der Waals surface area contributed by atoms with Gasteiger partial charge in [0.25, 0.3) is 0 Å². The van der Waals surface area contributed by atoms with E-state index in [1.165, 1.54) is 91.2 Å². The first kappa shape index (κ1) is 36.3. The van der Waals surface area contributed by atoms with Crippen LogP contribution in [0.4, 0.5) is 0 Å². The zero-order valence-corrected chi connectivity index (χ0v) is 31.2. The average Bonchev–Trinajstić information content (AvgIpc) is 3.68. The van der Waals surface area contributed by atoms with Gasteiger partial charge in [-0.1, -0.05) is 63.1 Å². The van der Waals surface area contributed by atoms with Gasteiger partial charge < -0.3 is 24.8 Å². The molecule has 0 unspecified atom stereocenters. The fourth-order valence-electron chi connectivity index (χ4n) is 6.32. The Morgan fingerprint density at radius 2 is 1.30 bits per heavy atom. The fraction of sp³-hybridized carbons (Fsp3) is 0.317. The number of hydrogen-bond acceptors (Lipinski definition) is 0. The summed E-state index contributed by atoms with van der Waals surface area (Å²) in [6.45, 7) is 16.2. The van der Waals surface area contributed by atoms with Gasteiger partial charge in [-0.3, -0.25) is 6.08 Å². The Hall–Kier alpha value is -2.18. The summed E-state index contributed by atoms with van der Waals surface area (Å²) in [5.41, 5.74) is 10.6. The van der Waals surface area contributed by atoms with Crippen LogP contribution in [0, 0.1) is 6.08 Å². The first-order valence-corrected chi connectivity index (χ1v) is 16.7. The predicted octanol–water partition coefficient (Wildman–Crippen LogP) is 5.36. The first-order chi connectivity index (χ1) is 20.0. The van der Waals surface area contributed by atoms with Crippen molar-refractivity contribution >= 4 is 35.9 Å². The van der Waals surface area contributed by atoms with Gasteiger partial charge in [0.05, 0.1) is 0 Å². The van der Waals surface area contributed by atoms with Crippen LogP contribution in [0.1, 0.15) is 102 Å². The van der Waals surface area contributed by atoms with E-state index in [1.807, 2.05) is 12.2 Å². The molecule has 44 heavy (non-hydrogen) atoms. The molecule has 0 radical (unpaired) electrons. The van der Waals surface area contributed by atoms with Crippen LogP contribution in [0.3, 0.4) is 0 Å². The molecule has 0 saturated heterocycles. The van der Waals surface area contributed by atoms with Gasteiger partial charge in [-0.25, -0.2) is 12.2 Å². The number of halogens is 2. The first-order valence-electron chi connectivity index (χ1n) is 15.4. The second kappa shape index (κ2) is 14.9. The summed E-state index contributed by atoms with van der Waals surface area (Å²) in [6, 6.07) is 22.9. The number of allylic oxidation sites excluding steroid dienone is 8. The quantitative estimate of drug-likeness (QED) is 0.248. The van der Waals surface area contributed by atoms with E-state index in [0.717, 1.165) is 19.3 Å². The van der Waals surface area contributed by atoms with Crippen molar-refractivity contribution in [1.29, 1.82) is 0 Å². The maximum absolute atomic E-state index is 2.99. The van der Waals surface area contributed by atoms with E-state index in [4.69, 9.17) is 0 Å². The molecule has 0 amide bonds. The Morgan fingerprint density at radius 3 is 1.68 bits per heavy atom. The Morgan fingerprint density at radius 1 is 0.795 bits per heavy atom. The van der Waals surface area contributed by atoms with Crippen molar-refractivity contribution < 1.29 is 49.0 Å². The van der Waals surface area contributed by atoms with E-state index in [1.54, 1.807) is 3.21 Å². The van der Waals surface area contributed by atoms with Gasteiger partial charge in [-0.05, 0) is 59.8 Å². The van der Waals surface area contributed by atoms with E-state index in [9.17, 15) is 0 Å². The van der Waals surface area contributed by atoms with Gasteiger partial charge in [0.2, 0.25) is 0 Å². The molecule has 0 bridgehead atoms. The Bertz CT molecular complexity index is 1650. The monoisotopic (exact) mass is 696 g/mol. The normalized spacial score (nSPS) is 16.6. The van der Waals surface area contributed by atoms with Crippen molar-refractivity contribution in [2.75, 3.05) is 0 Å². The fourth-order valence-corrected chi connectivity index (χ4v) is 6.73. The van der Waals surface area contributed by atoms with Crippen molar-refractivity contribution in [3.63, 3.8) is 0 Å². The largest absolute Gasteiger partial charge is 1.00 e. The molecule has 3 heteroatoms. The Labute approximate surface area is 292 Å². The molecule has 0 N–H and O–H groups in total. The van der Waals surface area contributed by atoms with E-state index < -0.39 is 0 Å². The second-order valence-corrected chi connectivity index (χ2v) is 14.7. The second-order valence-electron chi connectivity index (χ2n) is 13.3. The molecule has 0 aliphatic heterocycles. The maximum Gasteiger partial charge on any atom is -0.109 e. The van der Waals surface area contributed by atoms with Crippen molar-refractivity contribution in [2.24, 2.45) is 0 Å². The van der Waals surface area contributed by atoms with E-state index >= 15 is 0 Å². The molecule has 0 aromatic heterocycles. The summed E-state index contributed by atoms with van der Waals surface area (Å²) < 4.78 is 1.55. The van der Waals surface area contributed by atoms with Gasteiger partial charge in [0.1, 0.15) is 0 Å². The topological polar surface area (TPSA) is 0 Å². The third-order valence-corrected chi connectivity index (χ3v) is 10.8. The molecule has 3 aliphatic carbocycles. The van der Waals surface area contributed by atoms with Crippen molar-refractivity contribution in [1.82, 2.24) is 0 Å². The number of benzene rings is 3. The number of hydrogen-bond donors (Lipinski definition) is 0. The van der Waals surface area contributed by atoms with E-state index in [2.05, 4.69) is 133 Å². The molecular formula is C41H44Cl2Zr-2. The van der Waals surface area contributed by atoms with Gasteiger partial charge in [-0.2, -0.15) is 6.08 Å². The summed E-state index contributed by atoms with van der Waals surface area (Å²) in [6.07, 6.45) is 18.3. The molecule has 0 heterocycles. The van der Waals surface area contributed by atoms with Crippen molar-refractivity contribution in [2.45, 2.75) is 85.0 Å². The summed E-state index contributed by atoms with van der Waals surface area (Å²) in [4.78, 5) is 0. The molecule has 0 spiro atoms. The van der Waals surface area contributed by atoms with Gasteiger partial charge in [0, 0.05) is 0 Å². The zero-order chi connectivity index (χ0) is 30.1. The molecule has 4 aromatic rings. The summed E-state index contributed by atoms with van der Waals surface area (Å²) >= 11 is 1.54. The minimum absolute atomic E-state index is 0. The van der Waals surface area contributed by atoms with Crippen LogP contribution >= 0.6 is 0 Å².